The van der Waals surface area contributed by atoms with Gasteiger partial charge in [-0.1, -0.05) is 6.07 Å². The van der Waals surface area contributed by atoms with Gasteiger partial charge in [0.15, 0.2) is 5.43 Å². The number of hydrogen-bond donors (Lipinski definition) is 2. The van der Waals surface area contributed by atoms with Crippen LogP contribution in [0.3, 0.4) is 0 Å². The monoisotopic (exact) mass is 240 g/mol. The number of aromatic nitrogens is 2. The summed E-state index contributed by atoms with van der Waals surface area (Å²) in [5, 5.41) is 8.66. The van der Waals surface area contributed by atoms with E-state index in [9.17, 15) is 4.79 Å². The van der Waals surface area contributed by atoms with E-state index >= 15 is 0 Å². The predicted octanol–water partition coefficient (Wildman–Crippen LogP) is 3.22. The Bertz CT molecular complexity index is 913. The van der Waals surface area contributed by atoms with E-state index in [0.717, 1.165) is 21.1 Å². The topological polar surface area (TPSA) is 48.6 Å². The molecule has 0 saturated heterocycles. The summed E-state index contributed by atoms with van der Waals surface area (Å²) in [7, 11) is 0. The molecule has 0 aliphatic carbocycles. The van der Waals surface area contributed by atoms with Crippen LogP contribution in [0, 0.1) is 0 Å². The lowest BCUT2D eigenvalue weighted by Gasteiger charge is -2.01. The molecular formula is C13H8N2OS. The molecular weight excluding hydrogens is 232 g/mol. The van der Waals surface area contributed by atoms with Gasteiger partial charge in [0, 0.05) is 26.2 Å². The minimum atomic E-state index is 0.0578. The van der Waals surface area contributed by atoms with E-state index in [2.05, 4.69) is 16.3 Å². The SMILES string of the molecule is O=c1ccc2c(c1)sc1cccc3[nH][nH]c2c31. The summed E-state index contributed by atoms with van der Waals surface area (Å²) in [6.07, 6.45) is 0. The fourth-order valence-corrected chi connectivity index (χ4v) is 3.44. The average molecular weight is 240 g/mol. The normalized spacial score (nSPS) is 11.8. The van der Waals surface area contributed by atoms with Gasteiger partial charge in [0.05, 0.1) is 11.0 Å². The van der Waals surface area contributed by atoms with Crippen molar-refractivity contribution in [3.8, 4) is 0 Å². The van der Waals surface area contributed by atoms with E-state index in [1.54, 1.807) is 23.5 Å². The first-order valence-electron chi connectivity index (χ1n) is 5.34. The van der Waals surface area contributed by atoms with Crippen LogP contribution in [0.1, 0.15) is 0 Å². The number of H-pyrrole nitrogens is 2. The smallest absolute Gasteiger partial charge is 0.180 e. The van der Waals surface area contributed by atoms with Crippen LogP contribution in [0.2, 0.25) is 0 Å². The highest BCUT2D eigenvalue weighted by Gasteiger charge is 2.09. The van der Waals surface area contributed by atoms with Crippen LogP contribution in [0.25, 0.3) is 31.2 Å². The third-order valence-corrected chi connectivity index (χ3v) is 4.16. The zero-order valence-electron chi connectivity index (χ0n) is 8.78. The second-order valence-electron chi connectivity index (χ2n) is 4.06. The Morgan fingerprint density at radius 2 is 1.94 bits per heavy atom. The lowest BCUT2D eigenvalue weighted by atomic mass is 10.1. The van der Waals surface area contributed by atoms with Gasteiger partial charge >= 0.3 is 0 Å². The van der Waals surface area contributed by atoms with Gasteiger partial charge in [-0.3, -0.25) is 9.89 Å². The third-order valence-electron chi connectivity index (χ3n) is 3.04. The largest absolute Gasteiger partial charge is 0.300 e. The highest BCUT2D eigenvalue weighted by Crippen LogP contribution is 2.34. The molecule has 2 aromatic heterocycles. The fourth-order valence-electron chi connectivity index (χ4n) is 2.28. The first-order chi connectivity index (χ1) is 8.33. The molecule has 2 N–H and O–H groups in total. The quantitative estimate of drug-likeness (QED) is 0.455. The maximum atomic E-state index is 11.4. The number of aromatic amines is 2. The summed E-state index contributed by atoms with van der Waals surface area (Å²) in [6.45, 7) is 0. The van der Waals surface area contributed by atoms with Crippen molar-refractivity contribution in [3.63, 3.8) is 0 Å². The van der Waals surface area contributed by atoms with Gasteiger partial charge in [-0.05, 0) is 24.3 Å². The van der Waals surface area contributed by atoms with E-state index in [4.69, 9.17) is 0 Å². The second-order valence-corrected chi connectivity index (χ2v) is 5.15. The highest BCUT2D eigenvalue weighted by atomic mass is 32.1. The molecule has 0 spiro atoms. The van der Waals surface area contributed by atoms with Gasteiger partial charge in [-0.2, -0.15) is 0 Å². The molecule has 0 radical (unpaired) electrons. The lowest BCUT2D eigenvalue weighted by molar-refractivity contribution is 1.15. The summed E-state index contributed by atoms with van der Waals surface area (Å²) < 4.78 is 2.21. The maximum Gasteiger partial charge on any atom is 0.180 e. The Kier molecular flexibility index (Phi) is 1.58. The number of rotatable bonds is 0. The van der Waals surface area contributed by atoms with E-state index in [-0.39, 0.29) is 5.43 Å². The lowest BCUT2D eigenvalue weighted by Crippen LogP contribution is -1.93. The molecule has 0 saturated carbocycles. The van der Waals surface area contributed by atoms with Crippen LogP contribution < -0.4 is 5.43 Å². The first kappa shape index (κ1) is 9.01. The Balaban J connectivity index is 2.42. The predicted molar refractivity (Wildman–Crippen MR) is 71.8 cm³/mol. The van der Waals surface area contributed by atoms with Crippen molar-refractivity contribution in [3.05, 3.63) is 46.6 Å². The summed E-state index contributed by atoms with van der Waals surface area (Å²) in [5.74, 6) is 0. The molecule has 17 heavy (non-hydrogen) atoms. The fraction of sp³-hybridized carbons (Fsp3) is 0. The molecule has 4 rings (SSSR count). The number of hydrogen-bond acceptors (Lipinski definition) is 2. The molecule has 0 amide bonds. The van der Waals surface area contributed by atoms with Crippen LogP contribution >= 0.6 is 11.3 Å². The molecule has 0 fully saturated rings. The standard InChI is InChI=1S/C13H8N2OS/c16-7-4-5-8-11(6-7)17-10-3-1-2-9-12(10)13(8)15-14-9/h1-6,14-15H. The Hall–Kier alpha value is -2.07. The zero-order valence-corrected chi connectivity index (χ0v) is 9.60. The van der Waals surface area contributed by atoms with Gasteiger partial charge in [-0.15, -0.1) is 11.3 Å². The molecule has 4 aromatic rings. The van der Waals surface area contributed by atoms with E-state index < -0.39 is 0 Å². The van der Waals surface area contributed by atoms with E-state index in [0.29, 0.717) is 0 Å². The maximum absolute atomic E-state index is 11.4. The molecule has 82 valence electrons. The molecule has 0 unspecified atom stereocenters. The minimum absolute atomic E-state index is 0.0578. The zero-order chi connectivity index (χ0) is 11.4. The third kappa shape index (κ3) is 1.13. The molecule has 0 bridgehead atoms. The van der Waals surface area contributed by atoms with Gasteiger partial charge < -0.3 is 5.10 Å². The second kappa shape index (κ2) is 2.99. The van der Waals surface area contributed by atoms with E-state index in [1.165, 1.54) is 10.1 Å². The Morgan fingerprint density at radius 1 is 1.00 bits per heavy atom. The minimum Gasteiger partial charge on any atom is -0.300 e. The van der Waals surface area contributed by atoms with Crippen LogP contribution in [-0.4, -0.2) is 10.2 Å². The summed E-state index contributed by atoms with van der Waals surface area (Å²) in [6, 6.07) is 11.3. The van der Waals surface area contributed by atoms with Crippen molar-refractivity contribution in [2.75, 3.05) is 0 Å². The summed E-state index contributed by atoms with van der Waals surface area (Å²) in [5.41, 5.74) is 2.23. The van der Waals surface area contributed by atoms with Crippen molar-refractivity contribution >= 4 is 42.5 Å². The van der Waals surface area contributed by atoms with Crippen molar-refractivity contribution < 1.29 is 0 Å². The molecule has 0 atom stereocenters. The number of nitrogens with one attached hydrogen (secondary N) is 2. The molecule has 4 heteroatoms. The molecule has 3 nitrogen and oxygen atoms in total. The van der Waals surface area contributed by atoms with Gasteiger partial charge in [0.2, 0.25) is 0 Å². The van der Waals surface area contributed by atoms with Crippen LogP contribution in [0.15, 0.2) is 41.2 Å². The molecule has 0 aliphatic heterocycles. The molecule has 0 aliphatic rings. The Labute approximate surface area is 99.7 Å². The van der Waals surface area contributed by atoms with Gasteiger partial charge in [-0.25, -0.2) is 0 Å². The summed E-state index contributed by atoms with van der Waals surface area (Å²) in [4.78, 5) is 11.4. The van der Waals surface area contributed by atoms with Gasteiger partial charge in [0.25, 0.3) is 0 Å². The van der Waals surface area contributed by atoms with Crippen molar-refractivity contribution in [2.24, 2.45) is 0 Å². The average Bonchev–Trinajstić information content (AvgIpc) is 2.75. The number of fused-ring (bicyclic) bond motifs is 2. The molecule has 2 heterocycles. The van der Waals surface area contributed by atoms with Crippen LogP contribution in [0.4, 0.5) is 0 Å². The van der Waals surface area contributed by atoms with Crippen molar-refractivity contribution in [2.45, 2.75) is 0 Å². The van der Waals surface area contributed by atoms with Crippen molar-refractivity contribution in [1.29, 1.82) is 0 Å². The van der Waals surface area contributed by atoms with Gasteiger partial charge in [0.1, 0.15) is 0 Å². The first-order valence-corrected chi connectivity index (χ1v) is 6.16. The van der Waals surface area contributed by atoms with Crippen LogP contribution in [0.5, 0.6) is 0 Å². The van der Waals surface area contributed by atoms with Crippen LogP contribution in [-0.2, 0) is 0 Å². The van der Waals surface area contributed by atoms with Crippen molar-refractivity contribution in [1.82, 2.24) is 10.2 Å². The van der Waals surface area contributed by atoms with E-state index in [1.807, 2.05) is 18.2 Å². The summed E-state index contributed by atoms with van der Waals surface area (Å²) >= 11 is 1.65. The Morgan fingerprint density at radius 3 is 2.88 bits per heavy atom. The highest BCUT2D eigenvalue weighted by molar-refractivity contribution is 7.25. The number of benzene rings is 2. The molecule has 2 aromatic carbocycles.